The fourth-order valence-electron chi connectivity index (χ4n) is 1.37. The Morgan fingerprint density at radius 2 is 2.22 bits per heavy atom. The lowest BCUT2D eigenvalue weighted by molar-refractivity contribution is 0.0762. The molecule has 0 radical (unpaired) electrons. The van der Waals surface area contributed by atoms with Gasteiger partial charge in [-0.3, -0.25) is 9.78 Å². The largest absolute Gasteiger partial charge is 0.409 e. The first-order valence-corrected chi connectivity index (χ1v) is 5.62. The second-order valence-corrected chi connectivity index (χ2v) is 3.77. The van der Waals surface area contributed by atoms with Gasteiger partial charge in [0, 0.05) is 25.7 Å². The van der Waals surface area contributed by atoms with E-state index in [1.807, 2.05) is 6.92 Å². The van der Waals surface area contributed by atoms with E-state index in [-0.39, 0.29) is 11.7 Å². The number of nitrogens with two attached hydrogens (primary N) is 1. The molecule has 0 saturated carbocycles. The van der Waals surface area contributed by atoms with Crippen molar-refractivity contribution in [3.05, 3.63) is 23.8 Å². The SMILES string of the molecule is CCN(CC/C(N)=N/O)C(=O)c1cnc(C)cn1. The molecule has 1 heterocycles. The van der Waals surface area contributed by atoms with Crippen LogP contribution in [0.4, 0.5) is 0 Å². The molecule has 1 rings (SSSR count). The first kappa shape index (κ1) is 13.9. The van der Waals surface area contributed by atoms with Crippen LogP contribution in [-0.2, 0) is 0 Å². The minimum atomic E-state index is -0.212. The summed E-state index contributed by atoms with van der Waals surface area (Å²) in [5, 5.41) is 11.3. The molecular weight excluding hydrogens is 234 g/mol. The summed E-state index contributed by atoms with van der Waals surface area (Å²) in [5.41, 5.74) is 6.42. The smallest absolute Gasteiger partial charge is 0.274 e. The van der Waals surface area contributed by atoms with Crippen molar-refractivity contribution >= 4 is 11.7 Å². The molecule has 0 aliphatic heterocycles. The van der Waals surface area contributed by atoms with Gasteiger partial charge in [-0.05, 0) is 13.8 Å². The van der Waals surface area contributed by atoms with Crippen LogP contribution in [0.1, 0.15) is 29.5 Å². The summed E-state index contributed by atoms with van der Waals surface area (Å²) in [6.45, 7) is 4.55. The molecule has 0 atom stereocenters. The number of aromatic nitrogens is 2. The molecule has 0 aromatic carbocycles. The number of rotatable bonds is 5. The molecule has 98 valence electrons. The zero-order valence-electron chi connectivity index (χ0n) is 10.5. The summed E-state index contributed by atoms with van der Waals surface area (Å²) in [6, 6.07) is 0. The van der Waals surface area contributed by atoms with Gasteiger partial charge in [-0.15, -0.1) is 0 Å². The average molecular weight is 251 g/mol. The Hall–Kier alpha value is -2.18. The van der Waals surface area contributed by atoms with Crippen molar-refractivity contribution in [2.45, 2.75) is 20.3 Å². The number of carbonyl (C=O) groups excluding carboxylic acids is 1. The molecule has 7 heteroatoms. The minimum absolute atomic E-state index is 0.0937. The average Bonchev–Trinajstić information content (AvgIpc) is 2.39. The van der Waals surface area contributed by atoms with Crippen LogP contribution in [0.15, 0.2) is 17.5 Å². The van der Waals surface area contributed by atoms with Gasteiger partial charge in [-0.25, -0.2) is 4.98 Å². The second-order valence-electron chi connectivity index (χ2n) is 3.77. The third-order valence-corrected chi connectivity index (χ3v) is 2.44. The molecule has 0 aliphatic rings. The van der Waals surface area contributed by atoms with Crippen LogP contribution < -0.4 is 5.73 Å². The molecule has 0 fully saturated rings. The molecule has 0 unspecified atom stereocenters. The van der Waals surface area contributed by atoms with E-state index in [9.17, 15) is 4.79 Å². The zero-order chi connectivity index (χ0) is 13.5. The van der Waals surface area contributed by atoms with E-state index in [0.717, 1.165) is 5.69 Å². The van der Waals surface area contributed by atoms with Crippen molar-refractivity contribution in [1.29, 1.82) is 0 Å². The van der Waals surface area contributed by atoms with E-state index in [1.54, 1.807) is 18.0 Å². The number of amidine groups is 1. The molecular formula is C11H17N5O2. The Morgan fingerprint density at radius 3 is 2.72 bits per heavy atom. The van der Waals surface area contributed by atoms with Gasteiger partial charge in [0.25, 0.3) is 5.91 Å². The van der Waals surface area contributed by atoms with Crippen molar-refractivity contribution in [3.8, 4) is 0 Å². The van der Waals surface area contributed by atoms with Gasteiger partial charge in [-0.2, -0.15) is 0 Å². The van der Waals surface area contributed by atoms with Gasteiger partial charge in [0.1, 0.15) is 11.5 Å². The highest BCUT2D eigenvalue weighted by Gasteiger charge is 2.15. The van der Waals surface area contributed by atoms with Crippen molar-refractivity contribution in [1.82, 2.24) is 14.9 Å². The lowest BCUT2D eigenvalue weighted by atomic mass is 10.3. The minimum Gasteiger partial charge on any atom is -0.409 e. The van der Waals surface area contributed by atoms with Crippen LogP contribution in [0.3, 0.4) is 0 Å². The summed E-state index contributed by atoms with van der Waals surface area (Å²) in [7, 11) is 0. The van der Waals surface area contributed by atoms with E-state index in [2.05, 4.69) is 15.1 Å². The number of amides is 1. The van der Waals surface area contributed by atoms with Crippen molar-refractivity contribution < 1.29 is 10.0 Å². The normalized spacial score (nSPS) is 11.3. The number of nitrogens with zero attached hydrogens (tertiary/aromatic N) is 4. The van der Waals surface area contributed by atoms with E-state index < -0.39 is 0 Å². The molecule has 1 amide bonds. The van der Waals surface area contributed by atoms with Crippen molar-refractivity contribution in [2.75, 3.05) is 13.1 Å². The predicted molar refractivity (Wildman–Crippen MR) is 66.4 cm³/mol. The summed E-state index contributed by atoms with van der Waals surface area (Å²) < 4.78 is 0. The molecule has 1 aromatic rings. The van der Waals surface area contributed by atoms with Crippen molar-refractivity contribution in [3.63, 3.8) is 0 Å². The van der Waals surface area contributed by atoms with Gasteiger partial charge in [0.15, 0.2) is 0 Å². The van der Waals surface area contributed by atoms with Crippen LogP contribution in [0.5, 0.6) is 0 Å². The lowest BCUT2D eigenvalue weighted by Crippen LogP contribution is -2.34. The fourth-order valence-corrected chi connectivity index (χ4v) is 1.37. The molecule has 0 aliphatic carbocycles. The number of hydrogen-bond donors (Lipinski definition) is 2. The topological polar surface area (TPSA) is 105 Å². The quantitative estimate of drug-likeness (QED) is 0.341. The summed E-state index contributed by atoms with van der Waals surface area (Å²) in [6.07, 6.45) is 3.31. The van der Waals surface area contributed by atoms with Gasteiger partial charge in [0.05, 0.1) is 11.9 Å². The Balaban J connectivity index is 2.70. The summed E-state index contributed by atoms with van der Waals surface area (Å²) in [5.74, 6) is -0.119. The van der Waals surface area contributed by atoms with Crippen LogP contribution in [-0.4, -0.2) is 44.9 Å². The van der Waals surface area contributed by atoms with Gasteiger partial charge < -0.3 is 15.8 Å². The molecule has 3 N–H and O–H groups in total. The fraction of sp³-hybridized carbons (Fsp3) is 0.455. The molecule has 0 bridgehead atoms. The first-order chi connectivity index (χ1) is 8.58. The molecule has 0 saturated heterocycles. The third-order valence-electron chi connectivity index (χ3n) is 2.44. The number of hydrogen-bond acceptors (Lipinski definition) is 5. The predicted octanol–water partition coefficient (Wildman–Crippen LogP) is 0.384. The maximum absolute atomic E-state index is 12.1. The Kier molecular flexibility index (Phi) is 5.04. The zero-order valence-corrected chi connectivity index (χ0v) is 10.5. The van der Waals surface area contributed by atoms with E-state index in [1.165, 1.54) is 6.20 Å². The molecule has 0 spiro atoms. The summed E-state index contributed by atoms with van der Waals surface area (Å²) >= 11 is 0. The Bertz CT molecular complexity index is 430. The Labute approximate surface area is 105 Å². The van der Waals surface area contributed by atoms with E-state index in [0.29, 0.717) is 25.2 Å². The highest BCUT2D eigenvalue weighted by molar-refractivity contribution is 5.92. The third kappa shape index (κ3) is 3.69. The van der Waals surface area contributed by atoms with E-state index in [4.69, 9.17) is 10.9 Å². The number of aryl methyl sites for hydroxylation is 1. The molecule has 7 nitrogen and oxygen atoms in total. The van der Waals surface area contributed by atoms with Gasteiger partial charge in [-0.1, -0.05) is 5.16 Å². The maximum Gasteiger partial charge on any atom is 0.274 e. The van der Waals surface area contributed by atoms with Crippen LogP contribution >= 0.6 is 0 Å². The molecule has 18 heavy (non-hydrogen) atoms. The molecule has 1 aromatic heterocycles. The standard InChI is InChI=1S/C11H17N5O2/c1-3-16(5-4-10(12)15-18)11(17)9-7-13-8(2)6-14-9/h6-7,18H,3-5H2,1-2H3,(H2,12,15). The Morgan fingerprint density at radius 1 is 1.50 bits per heavy atom. The van der Waals surface area contributed by atoms with Crippen LogP contribution in [0.25, 0.3) is 0 Å². The lowest BCUT2D eigenvalue weighted by Gasteiger charge is -2.19. The monoisotopic (exact) mass is 251 g/mol. The number of carbonyl (C=O) groups is 1. The first-order valence-electron chi connectivity index (χ1n) is 5.62. The van der Waals surface area contributed by atoms with Crippen LogP contribution in [0.2, 0.25) is 0 Å². The van der Waals surface area contributed by atoms with Crippen LogP contribution in [0, 0.1) is 6.92 Å². The second kappa shape index (κ2) is 6.53. The maximum atomic E-state index is 12.1. The van der Waals surface area contributed by atoms with Gasteiger partial charge >= 0.3 is 0 Å². The van der Waals surface area contributed by atoms with Gasteiger partial charge in [0.2, 0.25) is 0 Å². The van der Waals surface area contributed by atoms with E-state index >= 15 is 0 Å². The highest BCUT2D eigenvalue weighted by Crippen LogP contribution is 2.02. The van der Waals surface area contributed by atoms with Crippen molar-refractivity contribution in [2.24, 2.45) is 10.9 Å². The highest BCUT2D eigenvalue weighted by atomic mass is 16.4. The summed E-state index contributed by atoms with van der Waals surface area (Å²) in [4.78, 5) is 21.7. The number of oxime groups is 1.